The van der Waals surface area contributed by atoms with E-state index >= 15 is 0 Å². The van der Waals surface area contributed by atoms with Gasteiger partial charge in [0.05, 0.1) is 24.0 Å². The largest absolute Gasteiger partial charge is 0.364 e. The zero-order valence-corrected chi connectivity index (χ0v) is 14.5. The van der Waals surface area contributed by atoms with E-state index in [1.54, 1.807) is 6.20 Å². The molecule has 3 amide bonds. The molecule has 1 aliphatic carbocycles. The van der Waals surface area contributed by atoms with Crippen LogP contribution in [0.4, 0.5) is 10.6 Å². The Kier molecular flexibility index (Phi) is 3.77. The molecule has 3 aliphatic rings. The molecule has 1 aromatic rings. The third-order valence-electron chi connectivity index (χ3n) is 6.05. The van der Waals surface area contributed by atoms with Gasteiger partial charge in [-0.05, 0) is 32.1 Å². The molecule has 2 aliphatic heterocycles. The van der Waals surface area contributed by atoms with E-state index < -0.39 is 5.91 Å². The van der Waals surface area contributed by atoms with Gasteiger partial charge in [-0.1, -0.05) is 0 Å². The summed E-state index contributed by atoms with van der Waals surface area (Å²) >= 11 is 0. The van der Waals surface area contributed by atoms with Gasteiger partial charge in [-0.25, -0.2) is 14.8 Å². The zero-order valence-electron chi connectivity index (χ0n) is 14.5. The maximum absolute atomic E-state index is 12.7. The minimum atomic E-state index is -0.577. The molecular weight excluding hydrogens is 320 g/mol. The summed E-state index contributed by atoms with van der Waals surface area (Å²) in [5.74, 6) is 0.153. The topological polar surface area (TPSA) is 95.7 Å². The number of urea groups is 1. The number of nitrogens with zero attached hydrogens (tertiary/aromatic N) is 5. The molecule has 1 spiro atoms. The second kappa shape index (κ2) is 5.86. The molecule has 2 saturated heterocycles. The van der Waals surface area contributed by atoms with Gasteiger partial charge in [-0.15, -0.1) is 0 Å². The van der Waals surface area contributed by atoms with Crippen LogP contribution in [0.5, 0.6) is 0 Å². The molecule has 3 heterocycles. The SMILES string of the molecule is CN1C(=O)N(C2CCCN(c3cnc(C(N)=O)cn3)C2)CC12CCC2. The third-order valence-corrected chi connectivity index (χ3v) is 6.05. The Morgan fingerprint density at radius 2 is 2.08 bits per heavy atom. The Morgan fingerprint density at radius 1 is 1.28 bits per heavy atom. The van der Waals surface area contributed by atoms with E-state index in [0.29, 0.717) is 0 Å². The van der Waals surface area contributed by atoms with Crippen molar-refractivity contribution in [2.75, 3.05) is 31.6 Å². The number of piperidine rings is 1. The van der Waals surface area contributed by atoms with E-state index in [4.69, 9.17) is 5.73 Å². The van der Waals surface area contributed by atoms with Crippen LogP contribution in [-0.2, 0) is 0 Å². The molecule has 8 nitrogen and oxygen atoms in total. The minimum absolute atomic E-state index is 0.0717. The van der Waals surface area contributed by atoms with Gasteiger partial charge >= 0.3 is 6.03 Å². The number of likely N-dealkylation sites (N-methyl/N-ethyl adjacent to an activating group) is 1. The number of carbonyl (C=O) groups excluding carboxylic acids is 2. The maximum atomic E-state index is 12.7. The zero-order chi connectivity index (χ0) is 17.6. The fourth-order valence-corrected chi connectivity index (χ4v) is 4.28. The Morgan fingerprint density at radius 3 is 2.64 bits per heavy atom. The molecule has 1 atom stereocenters. The number of aromatic nitrogens is 2. The minimum Gasteiger partial charge on any atom is -0.364 e. The van der Waals surface area contributed by atoms with Crippen molar-refractivity contribution in [3.8, 4) is 0 Å². The summed E-state index contributed by atoms with van der Waals surface area (Å²) in [5.41, 5.74) is 5.45. The number of hydrogen-bond acceptors (Lipinski definition) is 5. The van der Waals surface area contributed by atoms with Crippen molar-refractivity contribution in [2.24, 2.45) is 5.73 Å². The van der Waals surface area contributed by atoms with E-state index in [1.165, 1.54) is 12.6 Å². The van der Waals surface area contributed by atoms with Crippen molar-refractivity contribution in [1.82, 2.24) is 19.8 Å². The molecule has 0 radical (unpaired) electrons. The molecule has 25 heavy (non-hydrogen) atoms. The van der Waals surface area contributed by atoms with Crippen molar-refractivity contribution >= 4 is 17.8 Å². The van der Waals surface area contributed by atoms with Crippen molar-refractivity contribution in [1.29, 1.82) is 0 Å². The van der Waals surface area contributed by atoms with Crippen LogP contribution in [0.1, 0.15) is 42.6 Å². The molecule has 1 saturated carbocycles. The van der Waals surface area contributed by atoms with E-state index in [9.17, 15) is 9.59 Å². The summed E-state index contributed by atoms with van der Waals surface area (Å²) in [7, 11) is 1.94. The van der Waals surface area contributed by atoms with Crippen LogP contribution in [0.25, 0.3) is 0 Å². The lowest BCUT2D eigenvalue weighted by molar-refractivity contribution is 0.0995. The number of carbonyl (C=O) groups is 2. The number of hydrogen-bond donors (Lipinski definition) is 1. The fraction of sp³-hybridized carbons (Fsp3) is 0.647. The normalized spacial score (nSPS) is 25.4. The molecule has 1 unspecified atom stereocenters. The first-order chi connectivity index (χ1) is 12.0. The quantitative estimate of drug-likeness (QED) is 0.876. The molecule has 3 fully saturated rings. The highest BCUT2D eigenvalue weighted by molar-refractivity contribution is 5.90. The molecule has 0 aromatic carbocycles. The van der Waals surface area contributed by atoms with Gasteiger partial charge < -0.3 is 20.4 Å². The van der Waals surface area contributed by atoms with E-state index in [-0.39, 0.29) is 23.3 Å². The number of anilines is 1. The molecule has 2 N–H and O–H groups in total. The second-order valence-corrected chi connectivity index (χ2v) is 7.41. The summed E-state index contributed by atoms with van der Waals surface area (Å²) in [5, 5.41) is 0. The van der Waals surface area contributed by atoms with Crippen molar-refractivity contribution in [3.63, 3.8) is 0 Å². The van der Waals surface area contributed by atoms with Crippen LogP contribution in [0.15, 0.2) is 12.4 Å². The van der Waals surface area contributed by atoms with E-state index in [0.717, 1.165) is 51.1 Å². The lowest BCUT2D eigenvalue weighted by Crippen LogP contribution is -2.51. The lowest BCUT2D eigenvalue weighted by Gasteiger charge is -2.43. The van der Waals surface area contributed by atoms with Crippen molar-refractivity contribution in [3.05, 3.63) is 18.1 Å². The van der Waals surface area contributed by atoms with Crippen LogP contribution in [0.2, 0.25) is 0 Å². The number of rotatable bonds is 3. The van der Waals surface area contributed by atoms with Crippen LogP contribution < -0.4 is 10.6 Å². The van der Waals surface area contributed by atoms with Gasteiger partial charge in [-0.3, -0.25) is 4.79 Å². The molecule has 4 rings (SSSR count). The number of amides is 3. The smallest absolute Gasteiger partial charge is 0.320 e. The number of nitrogens with two attached hydrogens (primary N) is 1. The molecule has 134 valence electrons. The average Bonchev–Trinajstić information content (AvgIpc) is 2.87. The predicted molar refractivity (Wildman–Crippen MR) is 92.2 cm³/mol. The summed E-state index contributed by atoms with van der Waals surface area (Å²) < 4.78 is 0. The molecule has 0 bridgehead atoms. The average molecular weight is 344 g/mol. The molecule has 8 heteroatoms. The summed E-state index contributed by atoms with van der Waals surface area (Å²) in [6.45, 7) is 2.47. The highest BCUT2D eigenvalue weighted by Crippen LogP contribution is 2.43. The van der Waals surface area contributed by atoms with Gasteiger partial charge in [0, 0.05) is 26.7 Å². The van der Waals surface area contributed by atoms with Crippen LogP contribution >= 0.6 is 0 Å². The van der Waals surface area contributed by atoms with Gasteiger partial charge in [0.15, 0.2) is 0 Å². The Bertz CT molecular complexity index is 687. The third kappa shape index (κ3) is 2.60. The van der Waals surface area contributed by atoms with Gasteiger partial charge in [0.25, 0.3) is 5.91 Å². The first-order valence-corrected chi connectivity index (χ1v) is 8.91. The highest BCUT2D eigenvalue weighted by Gasteiger charge is 2.53. The monoisotopic (exact) mass is 344 g/mol. The van der Waals surface area contributed by atoms with Crippen molar-refractivity contribution < 1.29 is 9.59 Å². The Balaban J connectivity index is 1.48. The molecular formula is C17H24N6O2. The van der Waals surface area contributed by atoms with Crippen LogP contribution in [0, 0.1) is 0 Å². The standard InChI is InChI=1S/C17H24N6O2/c1-21-16(25)23(11-17(21)5-3-6-17)12-4-2-7-22(10-12)14-9-19-13(8-20-14)15(18)24/h8-9,12H,2-7,10-11H2,1H3,(H2,18,24). The van der Waals surface area contributed by atoms with Crippen LogP contribution in [-0.4, -0.2) is 70.0 Å². The Hall–Kier alpha value is -2.38. The lowest BCUT2D eigenvalue weighted by atomic mass is 9.76. The predicted octanol–water partition coefficient (Wildman–Crippen LogP) is 0.834. The van der Waals surface area contributed by atoms with Gasteiger partial charge in [0.2, 0.25) is 0 Å². The van der Waals surface area contributed by atoms with Gasteiger partial charge in [-0.2, -0.15) is 0 Å². The summed E-state index contributed by atoms with van der Waals surface area (Å²) in [6.07, 6.45) is 8.46. The summed E-state index contributed by atoms with van der Waals surface area (Å²) in [6, 6.07) is 0.350. The van der Waals surface area contributed by atoms with Gasteiger partial charge in [0.1, 0.15) is 11.5 Å². The first-order valence-electron chi connectivity index (χ1n) is 8.91. The maximum Gasteiger partial charge on any atom is 0.320 e. The van der Waals surface area contributed by atoms with E-state index in [2.05, 4.69) is 19.8 Å². The second-order valence-electron chi connectivity index (χ2n) is 7.41. The highest BCUT2D eigenvalue weighted by atomic mass is 16.2. The van der Waals surface area contributed by atoms with Crippen molar-refractivity contribution in [2.45, 2.75) is 43.7 Å². The first kappa shape index (κ1) is 16.1. The summed E-state index contributed by atoms with van der Waals surface area (Å²) in [4.78, 5) is 38.4. The van der Waals surface area contributed by atoms with E-state index in [1.807, 2.05) is 11.9 Å². The van der Waals surface area contributed by atoms with Crippen LogP contribution in [0.3, 0.4) is 0 Å². The Labute approximate surface area is 147 Å². The fourth-order valence-electron chi connectivity index (χ4n) is 4.28. The number of primary amides is 1. The molecule has 1 aromatic heterocycles.